The number of aliphatic carboxylic acids is 1. The molecule has 0 aromatic heterocycles. The number of benzene rings is 1. The van der Waals surface area contributed by atoms with Crippen LogP contribution in [0.25, 0.3) is 0 Å². The number of aromatic hydroxyl groups is 1. The first-order valence-corrected chi connectivity index (χ1v) is 6.35. The van der Waals surface area contributed by atoms with Gasteiger partial charge in [0, 0.05) is 13.1 Å². The number of likely N-dealkylation sites (tertiary alicyclic amines) is 1. The third-order valence-electron chi connectivity index (χ3n) is 3.42. The number of carboxylic acids is 1. The molecule has 1 aromatic carbocycles. The molecular weight excluding hydrogens is 246 g/mol. The summed E-state index contributed by atoms with van der Waals surface area (Å²) in [4.78, 5) is 24.7. The first-order valence-electron chi connectivity index (χ1n) is 6.35. The molecule has 0 aliphatic carbocycles. The largest absolute Gasteiger partial charge is 0.508 e. The summed E-state index contributed by atoms with van der Waals surface area (Å²) in [5.74, 6) is -1.17. The van der Waals surface area contributed by atoms with Gasteiger partial charge in [-0.25, -0.2) is 0 Å². The number of carboxylic acid groups (broad SMARTS) is 1. The van der Waals surface area contributed by atoms with Crippen molar-refractivity contribution in [3.63, 3.8) is 0 Å². The molecular formula is C14H17NO4. The molecule has 1 fully saturated rings. The molecule has 1 atom stereocenters. The number of hydrogen-bond acceptors (Lipinski definition) is 3. The van der Waals surface area contributed by atoms with Crippen LogP contribution in [0.1, 0.15) is 18.4 Å². The van der Waals surface area contributed by atoms with E-state index in [0.717, 1.165) is 12.0 Å². The number of phenols is 1. The lowest BCUT2D eigenvalue weighted by atomic mass is 9.97. The van der Waals surface area contributed by atoms with Crippen LogP contribution in [-0.4, -0.2) is 40.1 Å². The Morgan fingerprint density at radius 2 is 1.95 bits per heavy atom. The first-order chi connectivity index (χ1) is 9.06. The lowest BCUT2D eigenvalue weighted by Gasteiger charge is -2.30. The van der Waals surface area contributed by atoms with E-state index in [4.69, 9.17) is 5.11 Å². The molecule has 5 heteroatoms. The Labute approximate surface area is 111 Å². The Bertz CT molecular complexity index is 469. The van der Waals surface area contributed by atoms with E-state index >= 15 is 0 Å². The monoisotopic (exact) mass is 263 g/mol. The minimum absolute atomic E-state index is 0.0587. The van der Waals surface area contributed by atoms with Crippen molar-refractivity contribution < 1.29 is 19.8 Å². The van der Waals surface area contributed by atoms with Gasteiger partial charge in [0.1, 0.15) is 5.75 Å². The minimum Gasteiger partial charge on any atom is -0.508 e. The fourth-order valence-electron chi connectivity index (χ4n) is 2.31. The quantitative estimate of drug-likeness (QED) is 0.860. The minimum atomic E-state index is -0.831. The van der Waals surface area contributed by atoms with Gasteiger partial charge in [-0.1, -0.05) is 12.1 Å². The molecule has 1 heterocycles. The van der Waals surface area contributed by atoms with Crippen LogP contribution >= 0.6 is 0 Å². The average Bonchev–Trinajstić information content (AvgIpc) is 2.41. The number of nitrogens with zero attached hydrogens (tertiary/aromatic N) is 1. The molecule has 1 aliphatic heterocycles. The highest BCUT2D eigenvalue weighted by molar-refractivity contribution is 5.80. The molecule has 2 rings (SSSR count). The number of carbonyl (C=O) groups excluding carboxylic acids is 1. The van der Waals surface area contributed by atoms with Gasteiger partial charge in [-0.15, -0.1) is 0 Å². The summed E-state index contributed by atoms with van der Waals surface area (Å²) < 4.78 is 0. The lowest BCUT2D eigenvalue weighted by Crippen LogP contribution is -2.42. The van der Waals surface area contributed by atoms with Crippen LogP contribution in [0.4, 0.5) is 0 Å². The van der Waals surface area contributed by atoms with Crippen molar-refractivity contribution in [2.45, 2.75) is 19.3 Å². The molecule has 0 saturated carbocycles. The molecule has 1 aromatic rings. The first kappa shape index (κ1) is 13.4. The molecule has 0 spiro atoms. The Balaban J connectivity index is 1.96. The molecule has 1 saturated heterocycles. The van der Waals surface area contributed by atoms with Crippen molar-refractivity contribution in [2.75, 3.05) is 13.1 Å². The highest BCUT2D eigenvalue weighted by atomic mass is 16.4. The summed E-state index contributed by atoms with van der Waals surface area (Å²) >= 11 is 0. The molecule has 0 bridgehead atoms. The van der Waals surface area contributed by atoms with E-state index in [-0.39, 0.29) is 18.1 Å². The third-order valence-corrected chi connectivity index (χ3v) is 3.42. The number of carbonyl (C=O) groups is 2. The highest BCUT2D eigenvalue weighted by Gasteiger charge is 2.27. The fraction of sp³-hybridized carbons (Fsp3) is 0.429. The second kappa shape index (κ2) is 5.73. The van der Waals surface area contributed by atoms with Crippen molar-refractivity contribution >= 4 is 11.9 Å². The number of piperidine rings is 1. The topological polar surface area (TPSA) is 77.8 Å². The van der Waals surface area contributed by atoms with E-state index in [9.17, 15) is 14.7 Å². The maximum absolute atomic E-state index is 12.1. The van der Waals surface area contributed by atoms with Crippen LogP contribution < -0.4 is 0 Å². The average molecular weight is 263 g/mol. The van der Waals surface area contributed by atoms with E-state index in [1.807, 2.05) is 0 Å². The zero-order valence-corrected chi connectivity index (χ0v) is 10.6. The van der Waals surface area contributed by atoms with Gasteiger partial charge in [0.15, 0.2) is 0 Å². The Morgan fingerprint density at radius 1 is 1.26 bits per heavy atom. The second-order valence-electron chi connectivity index (χ2n) is 4.86. The molecule has 1 amide bonds. The summed E-state index contributed by atoms with van der Waals surface area (Å²) in [6, 6.07) is 6.48. The molecule has 0 radical (unpaired) electrons. The lowest BCUT2D eigenvalue weighted by molar-refractivity contribution is -0.145. The number of rotatable bonds is 3. The number of hydrogen-bond donors (Lipinski definition) is 2. The van der Waals surface area contributed by atoms with Crippen molar-refractivity contribution in [3.8, 4) is 5.75 Å². The van der Waals surface area contributed by atoms with Gasteiger partial charge in [-0.3, -0.25) is 9.59 Å². The van der Waals surface area contributed by atoms with Gasteiger partial charge in [-0.05, 0) is 30.5 Å². The van der Waals surface area contributed by atoms with Crippen LogP contribution in [0, 0.1) is 5.92 Å². The van der Waals surface area contributed by atoms with E-state index in [1.54, 1.807) is 29.2 Å². The summed E-state index contributed by atoms with van der Waals surface area (Å²) in [7, 11) is 0. The SMILES string of the molecule is O=C(O)[C@H]1CCCN(C(=O)Cc2ccc(O)cc2)C1. The molecule has 19 heavy (non-hydrogen) atoms. The zero-order valence-electron chi connectivity index (χ0n) is 10.6. The van der Waals surface area contributed by atoms with E-state index in [2.05, 4.69) is 0 Å². The van der Waals surface area contributed by atoms with Crippen LogP contribution in [0.3, 0.4) is 0 Å². The Hall–Kier alpha value is -2.04. The second-order valence-corrected chi connectivity index (χ2v) is 4.86. The third kappa shape index (κ3) is 3.47. The molecule has 0 unspecified atom stereocenters. The van der Waals surface area contributed by atoms with Crippen LogP contribution in [0.15, 0.2) is 24.3 Å². The predicted molar refractivity (Wildman–Crippen MR) is 68.8 cm³/mol. The molecule has 2 N–H and O–H groups in total. The van der Waals surface area contributed by atoms with Crippen LogP contribution in [-0.2, 0) is 16.0 Å². The van der Waals surface area contributed by atoms with Crippen molar-refractivity contribution in [2.24, 2.45) is 5.92 Å². The summed E-state index contributed by atoms with van der Waals surface area (Å²) in [6.07, 6.45) is 1.61. The smallest absolute Gasteiger partial charge is 0.308 e. The fourth-order valence-corrected chi connectivity index (χ4v) is 2.31. The van der Waals surface area contributed by atoms with Gasteiger partial charge in [-0.2, -0.15) is 0 Å². The van der Waals surface area contributed by atoms with E-state index in [0.29, 0.717) is 19.5 Å². The predicted octanol–water partition coefficient (Wildman–Crippen LogP) is 1.26. The maximum atomic E-state index is 12.1. The number of phenolic OH excluding ortho intramolecular Hbond substituents is 1. The normalized spacial score (nSPS) is 19.2. The Kier molecular flexibility index (Phi) is 4.04. The summed E-state index contributed by atoms with van der Waals surface area (Å²) in [5.41, 5.74) is 0.820. The van der Waals surface area contributed by atoms with Gasteiger partial charge in [0.05, 0.1) is 12.3 Å². The van der Waals surface area contributed by atoms with Gasteiger partial charge >= 0.3 is 5.97 Å². The number of amides is 1. The van der Waals surface area contributed by atoms with Crippen molar-refractivity contribution in [1.82, 2.24) is 4.90 Å². The van der Waals surface area contributed by atoms with Crippen LogP contribution in [0.5, 0.6) is 5.75 Å². The summed E-state index contributed by atoms with van der Waals surface area (Å²) in [6.45, 7) is 0.924. The van der Waals surface area contributed by atoms with E-state index < -0.39 is 11.9 Å². The molecule has 1 aliphatic rings. The van der Waals surface area contributed by atoms with Crippen LogP contribution in [0.2, 0.25) is 0 Å². The maximum Gasteiger partial charge on any atom is 0.308 e. The van der Waals surface area contributed by atoms with Gasteiger partial charge in [0.25, 0.3) is 0 Å². The van der Waals surface area contributed by atoms with Gasteiger partial charge in [0.2, 0.25) is 5.91 Å². The standard InChI is InChI=1S/C14H17NO4/c16-12-5-3-10(4-6-12)8-13(17)15-7-1-2-11(9-15)14(18)19/h3-6,11,16H,1-2,7-9H2,(H,18,19)/t11-/m0/s1. The molecule has 102 valence electrons. The molecule has 5 nitrogen and oxygen atoms in total. The summed E-state index contributed by atoms with van der Waals surface area (Å²) in [5, 5.41) is 18.2. The van der Waals surface area contributed by atoms with E-state index in [1.165, 1.54) is 0 Å². The van der Waals surface area contributed by atoms with Crippen molar-refractivity contribution in [3.05, 3.63) is 29.8 Å². The zero-order chi connectivity index (χ0) is 13.8. The highest BCUT2D eigenvalue weighted by Crippen LogP contribution is 2.18. The van der Waals surface area contributed by atoms with Gasteiger partial charge < -0.3 is 15.1 Å². The Morgan fingerprint density at radius 3 is 2.58 bits per heavy atom. The van der Waals surface area contributed by atoms with Crippen molar-refractivity contribution in [1.29, 1.82) is 0 Å².